The molecule has 0 radical (unpaired) electrons. The molecule has 4 rings (SSSR count). The number of aromatic nitrogens is 4. The van der Waals surface area contributed by atoms with Gasteiger partial charge in [-0.15, -0.1) is 0 Å². The maximum Gasteiger partial charge on any atom is 0.319 e. The molecule has 1 aliphatic rings. The molecule has 1 atom stereocenters. The van der Waals surface area contributed by atoms with Crippen LogP contribution in [-0.2, 0) is 11.3 Å². The molecule has 1 unspecified atom stereocenters. The summed E-state index contributed by atoms with van der Waals surface area (Å²) in [5, 5.41) is 0.555. The van der Waals surface area contributed by atoms with Gasteiger partial charge in [-0.25, -0.2) is 9.97 Å². The van der Waals surface area contributed by atoms with E-state index in [1.165, 1.54) is 18.0 Å². The second-order valence-electron chi connectivity index (χ2n) is 7.11. The lowest BCUT2D eigenvalue weighted by Crippen LogP contribution is -2.44. The van der Waals surface area contributed by atoms with Crippen LogP contribution in [-0.4, -0.2) is 56.6 Å². The van der Waals surface area contributed by atoms with E-state index < -0.39 is 0 Å². The normalized spacial score (nSPS) is 16.4. The summed E-state index contributed by atoms with van der Waals surface area (Å²) in [4.78, 5) is 39.5. The number of amides is 1. The Morgan fingerprint density at radius 1 is 1.23 bits per heavy atom. The third kappa shape index (κ3) is 4.40. The average molecular weight is 409 g/mol. The van der Waals surface area contributed by atoms with Gasteiger partial charge in [0.2, 0.25) is 11.8 Å². The van der Waals surface area contributed by atoms with Gasteiger partial charge >= 0.3 is 6.01 Å². The third-order valence-corrected chi connectivity index (χ3v) is 5.11. The zero-order chi connectivity index (χ0) is 20.9. The van der Waals surface area contributed by atoms with Gasteiger partial charge in [0, 0.05) is 31.8 Å². The molecule has 1 saturated heterocycles. The molecule has 3 aromatic rings. The molecule has 156 valence electrons. The number of ether oxygens (including phenoxy) is 2. The number of aryl methyl sites for hydroxylation is 1. The first kappa shape index (κ1) is 19.8. The third-order valence-electron chi connectivity index (χ3n) is 5.11. The van der Waals surface area contributed by atoms with Crippen molar-refractivity contribution < 1.29 is 14.3 Å². The highest BCUT2D eigenvalue weighted by molar-refractivity contribution is 5.77. The monoisotopic (exact) mass is 409 g/mol. The predicted molar refractivity (Wildman–Crippen MR) is 109 cm³/mol. The smallest absolute Gasteiger partial charge is 0.319 e. The van der Waals surface area contributed by atoms with Gasteiger partial charge in [-0.3, -0.25) is 14.2 Å². The number of nitrogens with zero attached hydrogens (tertiary/aromatic N) is 5. The van der Waals surface area contributed by atoms with Crippen molar-refractivity contribution >= 4 is 16.8 Å². The van der Waals surface area contributed by atoms with Crippen molar-refractivity contribution in [3.05, 3.63) is 53.2 Å². The summed E-state index contributed by atoms with van der Waals surface area (Å²) in [5.74, 6) is 0.415. The largest absolute Gasteiger partial charge is 0.472 e. The number of hydrogen-bond acceptors (Lipinski definition) is 7. The molecule has 1 amide bonds. The standard InChI is InChI=1S/C21H23N5O4/c1-29-21-22-10-8-18(24-21)30-15-5-4-11-25(13-15)19(27)9-12-26-14-23-17-7-3-2-6-16(17)20(26)28/h2-3,6-8,10,14-15H,4-5,9,11-13H2,1H3. The molecular weight excluding hydrogens is 386 g/mol. The van der Waals surface area contributed by atoms with Crippen LogP contribution in [0.4, 0.5) is 0 Å². The van der Waals surface area contributed by atoms with Crippen LogP contribution in [0.2, 0.25) is 0 Å². The van der Waals surface area contributed by atoms with Gasteiger partial charge < -0.3 is 14.4 Å². The molecule has 1 aliphatic heterocycles. The zero-order valence-electron chi connectivity index (χ0n) is 16.7. The minimum absolute atomic E-state index is 0.0105. The van der Waals surface area contributed by atoms with E-state index in [9.17, 15) is 9.59 Å². The quantitative estimate of drug-likeness (QED) is 0.610. The van der Waals surface area contributed by atoms with Gasteiger partial charge in [0.1, 0.15) is 6.10 Å². The summed E-state index contributed by atoms with van der Waals surface area (Å²) in [7, 11) is 1.50. The Balaban J connectivity index is 1.36. The van der Waals surface area contributed by atoms with E-state index in [0.29, 0.717) is 36.4 Å². The van der Waals surface area contributed by atoms with Gasteiger partial charge in [0.15, 0.2) is 0 Å². The molecule has 30 heavy (non-hydrogen) atoms. The molecule has 0 saturated carbocycles. The number of carbonyl (C=O) groups excluding carboxylic acids is 1. The molecule has 9 heteroatoms. The number of fused-ring (bicyclic) bond motifs is 1. The summed E-state index contributed by atoms with van der Waals surface area (Å²) in [6.07, 6.45) is 4.84. The van der Waals surface area contributed by atoms with Crippen molar-refractivity contribution in [3.63, 3.8) is 0 Å². The van der Waals surface area contributed by atoms with Gasteiger partial charge in [-0.05, 0) is 25.0 Å². The van der Waals surface area contributed by atoms with E-state index in [2.05, 4.69) is 15.0 Å². The van der Waals surface area contributed by atoms with Crippen LogP contribution in [0.1, 0.15) is 19.3 Å². The topological polar surface area (TPSA) is 99.4 Å². The highest BCUT2D eigenvalue weighted by atomic mass is 16.5. The van der Waals surface area contributed by atoms with Crippen molar-refractivity contribution in [3.8, 4) is 11.9 Å². The first-order chi connectivity index (χ1) is 14.6. The molecule has 9 nitrogen and oxygen atoms in total. The lowest BCUT2D eigenvalue weighted by molar-refractivity contribution is -0.134. The molecule has 0 aliphatic carbocycles. The zero-order valence-corrected chi connectivity index (χ0v) is 16.7. The molecule has 3 heterocycles. The van der Waals surface area contributed by atoms with E-state index >= 15 is 0 Å². The predicted octanol–water partition coefficient (Wildman–Crippen LogP) is 1.66. The first-order valence-corrected chi connectivity index (χ1v) is 9.89. The fourth-order valence-corrected chi connectivity index (χ4v) is 3.56. The number of likely N-dealkylation sites (tertiary alicyclic amines) is 1. The van der Waals surface area contributed by atoms with Crippen LogP contribution in [0.3, 0.4) is 0 Å². The van der Waals surface area contributed by atoms with Gasteiger partial charge in [0.25, 0.3) is 5.56 Å². The Hall–Kier alpha value is -3.49. The summed E-state index contributed by atoms with van der Waals surface area (Å²) in [5.41, 5.74) is 0.522. The van der Waals surface area contributed by atoms with Crippen LogP contribution in [0, 0.1) is 0 Å². The number of methoxy groups -OCH3 is 1. The van der Waals surface area contributed by atoms with Crippen LogP contribution in [0.15, 0.2) is 47.7 Å². The maximum atomic E-state index is 12.7. The van der Waals surface area contributed by atoms with Crippen LogP contribution < -0.4 is 15.0 Å². The van der Waals surface area contributed by atoms with Gasteiger partial charge in [0.05, 0.1) is 30.9 Å². The number of carbonyl (C=O) groups is 1. The summed E-state index contributed by atoms with van der Waals surface area (Å²) >= 11 is 0. The van der Waals surface area contributed by atoms with E-state index in [0.717, 1.165) is 12.8 Å². The Bertz CT molecular complexity index is 1100. The molecule has 0 spiro atoms. The SMILES string of the molecule is COc1nccc(OC2CCCN(C(=O)CCn3cnc4ccccc4c3=O)C2)n1. The maximum absolute atomic E-state index is 12.7. The number of piperidine rings is 1. The van der Waals surface area contributed by atoms with Crippen molar-refractivity contribution in [2.75, 3.05) is 20.2 Å². The fraction of sp³-hybridized carbons (Fsp3) is 0.381. The Labute approximate surface area is 173 Å². The van der Waals surface area contributed by atoms with Crippen molar-refractivity contribution in [1.82, 2.24) is 24.4 Å². The van der Waals surface area contributed by atoms with E-state index in [-0.39, 0.29) is 30.0 Å². The number of rotatable bonds is 6. The first-order valence-electron chi connectivity index (χ1n) is 9.89. The van der Waals surface area contributed by atoms with Crippen molar-refractivity contribution in [2.45, 2.75) is 31.9 Å². The van der Waals surface area contributed by atoms with E-state index in [1.807, 2.05) is 12.1 Å². The molecule has 1 fully saturated rings. The molecule has 2 aromatic heterocycles. The molecular formula is C21H23N5O4. The second-order valence-corrected chi connectivity index (χ2v) is 7.11. The van der Waals surface area contributed by atoms with Gasteiger partial charge in [-0.2, -0.15) is 4.98 Å². The van der Waals surface area contributed by atoms with Crippen molar-refractivity contribution in [2.24, 2.45) is 0 Å². The lowest BCUT2D eigenvalue weighted by Gasteiger charge is -2.32. The molecule has 1 aromatic carbocycles. The average Bonchev–Trinajstić information content (AvgIpc) is 2.79. The Morgan fingerprint density at radius 3 is 2.97 bits per heavy atom. The van der Waals surface area contributed by atoms with Crippen LogP contribution in [0.5, 0.6) is 11.9 Å². The van der Waals surface area contributed by atoms with E-state index in [1.54, 1.807) is 29.3 Å². The summed E-state index contributed by atoms with van der Waals surface area (Å²) in [6, 6.07) is 9.11. The minimum Gasteiger partial charge on any atom is -0.472 e. The van der Waals surface area contributed by atoms with Crippen molar-refractivity contribution in [1.29, 1.82) is 0 Å². The van der Waals surface area contributed by atoms with Crippen LogP contribution >= 0.6 is 0 Å². The van der Waals surface area contributed by atoms with Crippen LogP contribution in [0.25, 0.3) is 10.9 Å². The summed E-state index contributed by atoms with van der Waals surface area (Å²) < 4.78 is 12.4. The second kappa shape index (κ2) is 8.89. The highest BCUT2D eigenvalue weighted by Crippen LogP contribution is 2.18. The Morgan fingerprint density at radius 2 is 2.10 bits per heavy atom. The van der Waals surface area contributed by atoms with E-state index in [4.69, 9.17) is 9.47 Å². The highest BCUT2D eigenvalue weighted by Gasteiger charge is 2.25. The van der Waals surface area contributed by atoms with Gasteiger partial charge in [-0.1, -0.05) is 12.1 Å². The number of hydrogen-bond donors (Lipinski definition) is 0. The lowest BCUT2D eigenvalue weighted by atomic mass is 10.1. The number of para-hydroxylation sites is 1. The minimum atomic E-state index is -0.146. The summed E-state index contributed by atoms with van der Waals surface area (Å²) in [6.45, 7) is 1.45. The molecule has 0 N–H and O–H groups in total. The Kier molecular flexibility index (Phi) is 5.87. The molecule has 0 bridgehead atoms. The fourth-order valence-electron chi connectivity index (χ4n) is 3.56. The number of benzene rings is 1.